The van der Waals surface area contributed by atoms with Gasteiger partial charge in [0.05, 0.1) is 17.5 Å². The molecule has 0 radical (unpaired) electrons. The number of carbonyl (C=O) groups is 3. The number of nitrogens with one attached hydrogen (secondary N) is 1. The first kappa shape index (κ1) is 23.8. The van der Waals surface area contributed by atoms with Crippen molar-refractivity contribution >= 4 is 23.4 Å². The van der Waals surface area contributed by atoms with E-state index in [1.54, 1.807) is 16.8 Å². The number of fused-ring (bicyclic) bond motifs is 3. The minimum Gasteiger partial charge on any atom is -0.332 e. The summed E-state index contributed by atoms with van der Waals surface area (Å²) in [5, 5.41) is 12.9. The van der Waals surface area contributed by atoms with Gasteiger partial charge >= 0.3 is 0 Å². The van der Waals surface area contributed by atoms with Gasteiger partial charge in [-0.15, -0.1) is 0 Å². The van der Waals surface area contributed by atoms with Crippen molar-refractivity contribution in [3.05, 3.63) is 29.8 Å². The van der Waals surface area contributed by atoms with Gasteiger partial charge in [0.1, 0.15) is 12.1 Å². The zero-order valence-corrected chi connectivity index (χ0v) is 21.0. The first-order valence-electron chi connectivity index (χ1n) is 12.8. The Morgan fingerprint density at radius 1 is 1.29 bits per heavy atom. The molecule has 3 aliphatic heterocycles. The maximum absolute atomic E-state index is 14.0. The second-order valence-electron chi connectivity index (χ2n) is 11.1. The number of nitrogens with zero attached hydrogens (tertiary/aromatic N) is 4. The van der Waals surface area contributed by atoms with Crippen LogP contribution in [0.25, 0.3) is 0 Å². The summed E-state index contributed by atoms with van der Waals surface area (Å²) in [6.45, 7) is 7.14. The molecule has 0 aromatic heterocycles. The number of benzene rings is 1. The fourth-order valence-electron chi connectivity index (χ4n) is 6.68. The number of hydrogen-bond donors (Lipinski definition) is 1. The molecule has 5 rings (SSSR count). The maximum Gasteiger partial charge on any atom is 0.246 e. The maximum atomic E-state index is 14.0. The van der Waals surface area contributed by atoms with Crippen molar-refractivity contribution in [2.75, 3.05) is 25.5 Å². The summed E-state index contributed by atoms with van der Waals surface area (Å²) in [7, 11) is 1.73. The predicted molar refractivity (Wildman–Crippen MR) is 131 cm³/mol. The van der Waals surface area contributed by atoms with Crippen molar-refractivity contribution in [1.29, 1.82) is 5.26 Å². The van der Waals surface area contributed by atoms with Crippen molar-refractivity contribution in [2.24, 2.45) is 11.8 Å². The number of likely N-dealkylation sites (N-methyl/N-ethyl adjacent to an activating group) is 2. The van der Waals surface area contributed by atoms with Gasteiger partial charge in [-0.1, -0.05) is 39.0 Å². The van der Waals surface area contributed by atoms with E-state index in [0.29, 0.717) is 18.4 Å². The minimum absolute atomic E-state index is 0.00979. The highest BCUT2D eigenvalue weighted by atomic mass is 16.2. The fraction of sp³-hybridized carbons (Fsp3) is 0.630. The Hall–Kier alpha value is -2.92. The Morgan fingerprint density at radius 3 is 2.71 bits per heavy atom. The first-order chi connectivity index (χ1) is 16.7. The quantitative estimate of drug-likeness (QED) is 0.679. The number of likely N-dealkylation sites (tertiary alicyclic amines) is 2. The predicted octanol–water partition coefficient (Wildman–Crippen LogP) is 2.36. The molecule has 3 heterocycles. The summed E-state index contributed by atoms with van der Waals surface area (Å²) in [6, 6.07) is 8.72. The van der Waals surface area contributed by atoms with Crippen LogP contribution in [0.4, 0.5) is 5.69 Å². The molecule has 3 amide bonds. The third kappa shape index (κ3) is 3.72. The van der Waals surface area contributed by atoms with Gasteiger partial charge < -0.3 is 15.1 Å². The van der Waals surface area contributed by atoms with E-state index in [-0.39, 0.29) is 42.6 Å². The number of para-hydroxylation sites is 1. The van der Waals surface area contributed by atoms with Crippen LogP contribution in [-0.2, 0) is 19.8 Å². The summed E-state index contributed by atoms with van der Waals surface area (Å²) >= 11 is 0. The monoisotopic (exact) mass is 477 g/mol. The van der Waals surface area contributed by atoms with Crippen LogP contribution in [-0.4, -0.2) is 76.7 Å². The van der Waals surface area contributed by atoms with E-state index >= 15 is 0 Å². The Kier molecular flexibility index (Phi) is 5.87. The smallest absolute Gasteiger partial charge is 0.246 e. The molecule has 8 heteroatoms. The third-order valence-electron chi connectivity index (χ3n) is 8.60. The van der Waals surface area contributed by atoms with E-state index in [1.807, 2.05) is 38.1 Å². The zero-order valence-electron chi connectivity index (χ0n) is 21.0. The van der Waals surface area contributed by atoms with Gasteiger partial charge in [0, 0.05) is 31.7 Å². The van der Waals surface area contributed by atoms with Crippen molar-refractivity contribution in [3.63, 3.8) is 0 Å². The molecule has 35 heavy (non-hydrogen) atoms. The highest BCUT2D eigenvalue weighted by Crippen LogP contribution is 2.48. The molecule has 4 aliphatic rings. The lowest BCUT2D eigenvalue weighted by atomic mass is 9.80. The summed E-state index contributed by atoms with van der Waals surface area (Å²) in [6.07, 6.45) is 2.80. The molecular weight excluding hydrogens is 442 g/mol. The summed E-state index contributed by atoms with van der Waals surface area (Å²) in [4.78, 5) is 46.2. The molecule has 0 unspecified atom stereocenters. The SMILES string of the molecule is CCN1[C@@H]2C[C@@H]2C[C@H]1C(=O)N(C)[C@@H](CC(C)C)C(=O)N1C[C@]2(C[C@H]1C#N)C(=O)Nc1ccccc12. The standard InChI is InChI=1S/C27H35N5O3/c1-5-31-21-11-17(21)12-23(31)24(33)30(4)22(10-16(2)3)25(34)32-15-27(13-18(32)14-28)19-8-6-7-9-20(19)29-26(27)35/h6-9,16-18,21-23H,5,10-13,15H2,1-4H3,(H,29,35)/t17-,18+,21-,22+,23+,27+/m1/s1. The fourth-order valence-corrected chi connectivity index (χ4v) is 6.68. The average molecular weight is 478 g/mol. The molecule has 3 fully saturated rings. The minimum atomic E-state index is -0.927. The van der Waals surface area contributed by atoms with Gasteiger partial charge in [-0.05, 0) is 49.3 Å². The number of anilines is 1. The number of hydrogen-bond acceptors (Lipinski definition) is 5. The zero-order chi connectivity index (χ0) is 25.1. The van der Waals surface area contributed by atoms with E-state index in [1.165, 1.54) is 6.42 Å². The molecule has 1 aliphatic carbocycles. The summed E-state index contributed by atoms with van der Waals surface area (Å²) in [5.41, 5.74) is 0.659. The van der Waals surface area contributed by atoms with Crippen LogP contribution in [0.1, 0.15) is 52.0 Å². The third-order valence-corrected chi connectivity index (χ3v) is 8.60. The lowest BCUT2D eigenvalue weighted by Gasteiger charge is -2.36. The van der Waals surface area contributed by atoms with Crippen LogP contribution >= 0.6 is 0 Å². The average Bonchev–Trinajstić information content (AvgIpc) is 3.23. The number of carbonyl (C=O) groups excluding carboxylic acids is 3. The number of amides is 3. The molecule has 1 N–H and O–H groups in total. The van der Waals surface area contributed by atoms with Crippen LogP contribution in [0.2, 0.25) is 0 Å². The number of rotatable bonds is 6. The first-order valence-corrected chi connectivity index (χ1v) is 12.8. The highest BCUT2D eigenvalue weighted by molar-refractivity contribution is 6.07. The lowest BCUT2D eigenvalue weighted by Crippen LogP contribution is -2.55. The van der Waals surface area contributed by atoms with Gasteiger partial charge in [0.25, 0.3) is 0 Å². The Bertz CT molecular complexity index is 1100. The topological polar surface area (TPSA) is 96.8 Å². The van der Waals surface area contributed by atoms with Crippen molar-refractivity contribution in [3.8, 4) is 6.07 Å². The Morgan fingerprint density at radius 2 is 2.03 bits per heavy atom. The van der Waals surface area contributed by atoms with Crippen LogP contribution < -0.4 is 5.32 Å². The largest absolute Gasteiger partial charge is 0.332 e. The van der Waals surface area contributed by atoms with E-state index in [2.05, 4.69) is 23.2 Å². The van der Waals surface area contributed by atoms with E-state index in [9.17, 15) is 19.6 Å². The van der Waals surface area contributed by atoms with Crippen LogP contribution in [0.5, 0.6) is 0 Å². The van der Waals surface area contributed by atoms with Crippen molar-refractivity contribution in [2.45, 2.75) is 76.0 Å². The van der Waals surface area contributed by atoms with Crippen molar-refractivity contribution in [1.82, 2.24) is 14.7 Å². The number of nitriles is 1. The van der Waals surface area contributed by atoms with Crippen LogP contribution in [0.15, 0.2) is 24.3 Å². The molecule has 8 nitrogen and oxygen atoms in total. The second-order valence-corrected chi connectivity index (χ2v) is 11.1. The second kappa shape index (κ2) is 8.63. The molecule has 1 saturated carbocycles. The summed E-state index contributed by atoms with van der Waals surface area (Å²) in [5.74, 6) is 0.374. The molecule has 0 bridgehead atoms. The molecule has 1 aromatic carbocycles. The van der Waals surface area contributed by atoms with Crippen LogP contribution in [0.3, 0.4) is 0 Å². The molecule has 1 aromatic rings. The van der Waals surface area contributed by atoms with Crippen LogP contribution in [0, 0.1) is 23.2 Å². The lowest BCUT2D eigenvalue weighted by molar-refractivity contribution is -0.148. The van der Waals surface area contributed by atoms with Gasteiger partial charge in [-0.2, -0.15) is 5.26 Å². The summed E-state index contributed by atoms with van der Waals surface area (Å²) < 4.78 is 0. The van der Waals surface area contributed by atoms with Gasteiger partial charge in [0.15, 0.2) is 0 Å². The Balaban J connectivity index is 1.41. The normalized spacial score (nSPS) is 31.8. The van der Waals surface area contributed by atoms with Crippen molar-refractivity contribution < 1.29 is 14.4 Å². The van der Waals surface area contributed by atoms with E-state index < -0.39 is 17.5 Å². The molecule has 186 valence electrons. The molecule has 6 atom stereocenters. The van der Waals surface area contributed by atoms with Gasteiger partial charge in [0.2, 0.25) is 17.7 Å². The van der Waals surface area contributed by atoms with E-state index in [4.69, 9.17) is 0 Å². The van der Waals surface area contributed by atoms with E-state index in [0.717, 1.165) is 24.2 Å². The van der Waals surface area contributed by atoms with Gasteiger partial charge in [-0.25, -0.2) is 0 Å². The van der Waals surface area contributed by atoms with Gasteiger partial charge in [-0.3, -0.25) is 19.3 Å². The highest BCUT2D eigenvalue weighted by Gasteiger charge is 2.58. The Labute approximate surface area is 207 Å². The number of piperidine rings is 1. The molecule has 1 spiro atoms. The molecule has 2 saturated heterocycles. The molecular formula is C27H35N5O3.